The smallest absolute Gasteiger partial charge is 0.339 e. The van der Waals surface area contributed by atoms with Gasteiger partial charge >= 0.3 is 5.97 Å². The lowest BCUT2D eigenvalue weighted by Crippen LogP contribution is -2.34. The zero-order valence-corrected chi connectivity index (χ0v) is 18.0. The number of carboxylic acid groups (broad SMARTS) is 1. The van der Waals surface area contributed by atoms with Gasteiger partial charge in [0.25, 0.3) is 5.91 Å². The minimum atomic E-state index is -1.23. The van der Waals surface area contributed by atoms with Crippen molar-refractivity contribution in [1.82, 2.24) is 4.90 Å². The fraction of sp³-hybridized carbons (Fsp3) is 0.167. The third-order valence-electron chi connectivity index (χ3n) is 5.02. The van der Waals surface area contributed by atoms with Crippen molar-refractivity contribution in [2.45, 2.75) is 13.1 Å². The molecular weight excluding hydrogens is 453 g/mol. The van der Waals surface area contributed by atoms with Gasteiger partial charge < -0.3 is 24.2 Å². The largest absolute Gasteiger partial charge is 0.481 e. The fourth-order valence-corrected chi connectivity index (χ4v) is 3.60. The third kappa shape index (κ3) is 5.18. The van der Waals surface area contributed by atoms with E-state index in [9.17, 15) is 19.1 Å². The van der Waals surface area contributed by atoms with E-state index in [2.05, 4.69) is 0 Å². The molecule has 33 heavy (non-hydrogen) atoms. The third-order valence-corrected chi connectivity index (χ3v) is 5.32. The van der Waals surface area contributed by atoms with E-state index in [0.717, 1.165) is 5.56 Å². The molecule has 1 N–H and O–H groups in total. The van der Waals surface area contributed by atoms with Crippen LogP contribution in [-0.4, -0.2) is 35.3 Å². The lowest BCUT2D eigenvalue weighted by molar-refractivity contribution is -0.134. The lowest BCUT2D eigenvalue weighted by Gasteiger charge is -2.24. The first-order valence-corrected chi connectivity index (χ1v) is 10.3. The SMILES string of the molecule is O=C(O)c1cccc(Cl)c1OCC(=O)N(Cc1ccc2c(c1)OCO2)Cc1ccccc1F. The molecule has 0 saturated carbocycles. The summed E-state index contributed by atoms with van der Waals surface area (Å²) in [7, 11) is 0. The van der Waals surface area contributed by atoms with Gasteiger partial charge in [-0.1, -0.05) is 41.9 Å². The van der Waals surface area contributed by atoms with E-state index >= 15 is 0 Å². The second kappa shape index (κ2) is 9.79. The highest BCUT2D eigenvalue weighted by Gasteiger charge is 2.21. The summed E-state index contributed by atoms with van der Waals surface area (Å²) in [6, 6.07) is 15.7. The number of rotatable bonds is 8. The summed E-state index contributed by atoms with van der Waals surface area (Å²) >= 11 is 6.08. The van der Waals surface area contributed by atoms with Gasteiger partial charge in [-0.3, -0.25) is 4.79 Å². The molecule has 0 atom stereocenters. The second-order valence-electron chi connectivity index (χ2n) is 7.24. The first kappa shape index (κ1) is 22.4. The summed E-state index contributed by atoms with van der Waals surface area (Å²) < 4.78 is 30.5. The van der Waals surface area contributed by atoms with Crippen LogP contribution in [0.4, 0.5) is 4.39 Å². The molecule has 0 aromatic heterocycles. The van der Waals surface area contributed by atoms with E-state index in [-0.39, 0.29) is 36.2 Å². The maximum absolute atomic E-state index is 14.3. The van der Waals surface area contributed by atoms with E-state index in [0.29, 0.717) is 17.1 Å². The molecule has 0 fully saturated rings. The fourth-order valence-electron chi connectivity index (χ4n) is 3.37. The Balaban J connectivity index is 1.56. The number of ether oxygens (including phenoxy) is 3. The molecule has 1 heterocycles. The Kier molecular flexibility index (Phi) is 6.65. The van der Waals surface area contributed by atoms with Gasteiger partial charge in [0.05, 0.1) is 5.02 Å². The van der Waals surface area contributed by atoms with Gasteiger partial charge in [-0.2, -0.15) is 0 Å². The molecule has 0 radical (unpaired) electrons. The van der Waals surface area contributed by atoms with Crippen LogP contribution in [0.2, 0.25) is 5.02 Å². The summed E-state index contributed by atoms with van der Waals surface area (Å²) in [5.74, 6) is -1.09. The maximum atomic E-state index is 14.3. The molecule has 3 aromatic rings. The van der Waals surface area contributed by atoms with Gasteiger partial charge in [-0.05, 0) is 35.9 Å². The monoisotopic (exact) mass is 471 g/mol. The summed E-state index contributed by atoms with van der Waals surface area (Å²) in [5, 5.41) is 9.43. The van der Waals surface area contributed by atoms with Crippen molar-refractivity contribution in [3.63, 3.8) is 0 Å². The molecule has 0 unspecified atom stereocenters. The number of carbonyl (C=O) groups is 2. The molecule has 0 aliphatic carbocycles. The van der Waals surface area contributed by atoms with Crippen LogP contribution in [-0.2, 0) is 17.9 Å². The highest BCUT2D eigenvalue weighted by Crippen LogP contribution is 2.33. The van der Waals surface area contributed by atoms with E-state index in [4.69, 9.17) is 25.8 Å². The molecule has 0 bridgehead atoms. The number of halogens is 2. The molecular formula is C24H19ClFNO6. The predicted molar refractivity (Wildman–Crippen MR) is 117 cm³/mol. The van der Waals surface area contributed by atoms with E-state index in [1.165, 1.54) is 29.2 Å². The van der Waals surface area contributed by atoms with Crippen molar-refractivity contribution in [2.24, 2.45) is 0 Å². The quantitative estimate of drug-likeness (QED) is 0.520. The molecule has 0 spiro atoms. The van der Waals surface area contributed by atoms with Crippen LogP contribution in [0.5, 0.6) is 17.2 Å². The van der Waals surface area contributed by atoms with Crippen molar-refractivity contribution in [3.05, 3.63) is 88.2 Å². The second-order valence-corrected chi connectivity index (χ2v) is 7.65. The summed E-state index contributed by atoms with van der Waals surface area (Å²) in [6.45, 7) is -0.240. The number of para-hydroxylation sites is 1. The summed E-state index contributed by atoms with van der Waals surface area (Å²) in [4.78, 5) is 26.0. The number of benzene rings is 3. The normalized spacial score (nSPS) is 11.8. The molecule has 3 aromatic carbocycles. The van der Waals surface area contributed by atoms with Crippen molar-refractivity contribution in [1.29, 1.82) is 0 Å². The van der Waals surface area contributed by atoms with Crippen molar-refractivity contribution < 1.29 is 33.3 Å². The van der Waals surface area contributed by atoms with Crippen LogP contribution in [0.1, 0.15) is 21.5 Å². The number of carbonyl (C=O) groups excluding carboxylic acids is 1. The van der Waals surface area contributed by atoms with Gasteiger partial charge in [-0.15, -0.1) is 0 Å². The molecule has 0 saturated heterocycles. The molecule has 170 valence electrons. The zero-order chi connectivity index (χ0) is 23.4. The Hall–Kier alpha value is -3.78. The molecule has 4 rings (SSSR count). The van der Waals surface area contributed by atoms with Crippen LogP contribution >= 0.6 is 11.6 Å². The molecule has 7 nitrogen and oxygen atoms in total. The molecule has 1 aliphatic rings. The number of nitrogens with zero attached hydrogens (tertiary/aromatic N) is 1. The minimum absolute atomic E-state index is 0.0163. The lowest BCUT2D eigenvalue weighted by atomic mass is 10.1. The van der Waals surface area contributed by atoms with Crippen LogP contribution in [0.15, 0.2) is 60.7 Å². The Morgan fingerprint density at radius 3 is 2.61 bits per heavy atom. The van der Waals surface area contributed by atoms with Gasteiger partial charge in [0.15, 0.2) is 23.9 Å². The van der Waals surface area contributed by atoms with E-state index in [1.807, 2.05) is 0 Å². The number of carboxylic acids is 1. The van der Waals surface area contributed by atoms with E-state index < -0.39 is 24.3 Å². The Morgan fingerprint density at radius 2 is 1.82 bits per heavy atom. The van der Waals surface area contributed by atoms with Crippen molar-refractivity contribution >= 4 is 23.5 Å². The minimum Gasteiger partial charge on any atom is -0.481 e. The number of hydrogen-bond acceptors (Lipinski definition) is 5. The van der Waals surface area contributed by atoms with Crippen LogP contribution in [0.25, 0.3) is 0 Å². The van der Waals surface area contributed by atoms with Crippen LogP contribution in [0.3, 0.4) is 0 Å². The average Bonchev–Trinajstić information content (AvgIpc) is 3.26. The van der Waals surface area contributed by atoms with Gasteiger partial charge in [0, 0.05) is 18.7 Å². The molecule has 9 heteroatoms. The standard InChI is InChI=1S/C24H19ClFNO6/c25-18-6-3-5-17(24(29)30)23(18)31-13-22(28)27(12-16-4-1-2-7-19(16)26)11-15-8-9-20-21(10-15)33-14-32-20/h1-10H,11-14H2,(H,29,30). The van der Waals surface area contributed by atoms with Crippen LogP contribution < -0.4 is 14.2 Å². The number of amides is 1. The van der Waals surface area contributed by atoms with Crippen LogP contribution in [0, 0.1) is 5.82 Å². The highest BCUT2D eigenvalue weighted by atomic mass is 35.5. The Morgan fingerprint density at radius 1 is 1.03 bits per heavy atom. The van der Waals surface area contributed by atoms with Gasteiger partial charge in [-0.25, -0.2) is 9.18 Å². The highest BCUT2D eigenvalue weighted by molar-refractivity contribution is 6.32. The Bertz CT molecular complexity index is 1200. The number of fused-ring (bicyclic) bond motifs is 1. The van der Waals surface area contributed by atoms with Gasteiger partial charge in [0.1, 0.15) is 11.4 Å². The molecule has 1 amide bonds. The maximum Gasteiger partial charge on any atom is 0.339 e. The average molecular weight is 472 g/mol. The number of aromatic carboxylic acids is 1. The first-order valence-electron chi connectivity index (χ1n) is 9.96. The van der Waals surface area contributed by atoms with Crippen molar-refractivity contribution in [2.75, 3.05) is 13.4 Å². The molecule has 1 aliphatic heterocycles. The van der Waals surface area contributed by atoms with Crippen molar-refractivity contribution in [3.8, 4) is 17.2 Å². The number of hydrogen-bond donors (Lipinski definition) is 1. The zero-order valence-electron chi connectivity index (χ0n) is 17.3. The topological polar surface area (TPSA) is 85.3 Å². The van der Waals surface area contributed by atoms with E-state index in [1.54, 1.807) is 36.4 Å². The predicted octanol–water partition coefficient (Wildman–Crippen LogP) is 4.51. The summed E-state index contributed by atoms with van der Waals surface area (Å²) in [6.07, 6.45) is 0. The Labute approximate surface area is 193 Å². The first-order chi connectivity index (χ1) is 15.9. The summed E-state index contributed by atoms with van der Waals surface area (Å²) in [5.41, 5.74) is 0.912. The van der Waals surface area contributed by atoms with Gasteiger partial charge in [0.2, 0.25) is 6.79 Å².